The van der Waals surface area contributed by atoms with Gasteiger partial charge in [-0.05, 0) is 41.8 Å². The molecule has 6 nitrogen and oxygen atoms in total. The zero-order valence-electron chi connectivity index (χ0n) is 12.0. The quantitative estimate of drug-likeness (QED) is 0.596. The van der Waals surface area contributed by atoms with Crippen LogP contribution in [0.25, 0.3) is 0 Å². The van der Waals surface area contributed by atoms with E-state index >= 15 is 0 Å². The summed E-state index contributed by atoms with van der Waals surface area (Å²) in [5.41, 5.74) is 1.07. The summed E-state index contributed by atoms with van der Waals surface area (Å²) in [4.78, 5) is 15.0. The summed E-state index contributed by atoms with van der Waals surface area (Å²) in [6.45, 7) is 4.79. The Morgan fingerprint density at radius 2 is 2.24 bits per heavy atom. The Morgan fingerprint density at radius 1 is 1.43 bits per heavy atom. The SMILES string of the molecule is CCCNc1ccc([N+](=O)[O-])c(NC(C)c2ccsc2)n1. The van der Waals surface area contributed by atoms with E-state index in [1.807, 2.05) is 23.8 Å². The van der Waals surface area contributed by atoms with Crippen LogP contribution in [0.5, 0.6) is 0 Å². The van der Waals surface area contributed by atoms with Gasteiger partial charge in [0.25, 0.3) is 0 Å². The maximum atomic E-state index is 11.1. The van der Waals surface area contributed by atoms with Crippen molar-refractivity contribution < 1.29 is 4.92 Å². The lowest BCUT2D eigenvalue weighted by Crippen LogP contribution is -2.11. The van der Waals surface area contributed by atoms with E-state index in [1.165, 1.54) is 6.07 Å². The van der Waals surface area contributed by atoms with Crippen LogP contribution in [0, 0.1) is 10.1 Å². The number of hydrogen-bond acceptors (Lipinski definition) is 6. The second-order valence-corrected chi connectivity index (χ2v) is 5.45. The summed E-state index contributed by atoms with van der Waals surface area (Å²) in [6, 6.07) is 5.07. The van der Waals surface area contributed by atoms with Gasteiger partial charge < -0.3 is 10.6 Å². The largest absolute Gasteiger partial charge is 0.370 e. The predicted octanol–water partition coefficient (Wildman–Crippen LogP) is 4.05. The van der Waals surface area contributed by atoms with E-state index in [1.54, 1.807) is 17.4 Å². The number of nitrogens with one attached hydrogen (secondary N) is 2. The third-order valence-corrected chi connectivity index (χ3v) is 3.72. The molecule has 2 heterocycles. The number of hydrogen-bond donors (Lipinski definition) is 2. The van der Waals surface area contributed by atoms with Crippen molar-refractivity contribution in [3.63, 3.8) is 0 Å². The van der Waals surface area contributed by atoms with E-state index in [0.29, 0.717) is 11.6 Å². The fourth-order valence-corrected chi connectivity index (χ4v) is 2.62. The monoisotopic (exact) mass is 306 g/mol. The zero-order chi connectivity index (χ0) is 15.2. The minimum absolute atomic E-state index is 0.0147. The third-order valence-electron chi connectivity index (χ3n) is 3.02. The van der Waals surface area contributed by atoms with Crippen molar-refractivity contribution >= 4 is 28.7 Å². The van der Waals surface area contributed by atoms with Gasteiger partial charge in [0.05, 0.1) is 11.0 Å². The summed E-state index contributed by atoms with van der Waals surface area (Å²) in [6.07, 6.45) is 0.965. The molecule has 1 unspecified atom stereocenters. The Labute approximate surface area is 127 Å². The normalized spacial score (nSPS) is 11.9. The molecule has 0 aliphatic carbocycles. The Balaban J connectivity index is 2.23. The van der Waals surface area contributed by atoms with E-state index in [9.17, 15) is 10.1 Å². The molecule has 2 rings (SSSR count). The molecular formula is C14H18N4O2S. The van der Waals surface area contributed by atoms with Gasteiger partial charge >= 0.3 is 5.69 Å². The zero-order valence-corrected chi connectivity index (χ0v) is 12.8. The van der Waals surface area contributed by atoms with E-state index in [2.05, 4.69) is 22.5 Å². The highest BCUT2D eigenvalue weighted by Gasteiger charge is 2.18. The van der Waals surface area contributed by atoms with Gasteiger partial charge in [0.1, 0.15) is 5.82 Å². The topological polar surface area (TPSA) is 80.1 Å². The molecule has 0 radical (unpaired) electrons. The van der Waals surface area contributed by atoms with Gasteiger partial charge in [-0.15, -0.1) is 0 Å². The Bertz CT molecular complexity index is 601. The van der Waals surface area contributed by atoms with Crippen molar-refractivity contribution in [2.75, 3.05) is 17.2 Å². The first-order chi connectivity index (χ1) is 10.1. The van der Waals surface area contributed by atoms with Gasteiger partial charge in [-0.2, -0.15) is 11.3 Å². The molecule has 21 heavy (non-hydrogen) atoms. The average Bonchev–Trinajstić information content (AvgIpc) is 2.99. The van der Waals surface area contributed by atoms with Crippen molar-refractivity contribution in [3.8, 4) is 0 Å². The van der Waals surface area contributed by atoms with E-state index in [0.717, 1.165) is 18.5 Å². The van der Waals surface area contributed by atoms with Crippen LogP contribution in [-0.2, 0) is 0 Å². The van der Waals surface area contributed by atoms with Gasteiger partial charge in [0.2, 0.25) is 5.82 Å². The van der Waals surface area contributed by atoms with Crippen LogP contribution < -0.4 is 10.6 Å². The molecule has 2 aromatic heterocycles. The van der Waals surface area contributed by atoms with Crippen molar-refractivity contribution in [1.29, 1.82) is 0 Å². The molecule has 0 aromatic carbocycles. The van der Waals surface area contributed by atoms with Gasteiger partial charge in [0, 0.05) is 12.6 Å². The molecular weight excluding hydrogens is 288 g/mol. The highest BCUT2D eigenvalue weighted by atomic mass is 32.1. The lowest BCUT2D eigenvalue weighted by atomic mass is 10.2. The number of nitrogens with zero attached hydrogens (tertiary/aromatic N) is 2. The third kappa shape index (κ3) is 3.91. The van der Waals surface area contributed by atoms with Crippen molar-refractivity contribution in [1.82, 2.24) is 4.98 Å². The van der Waals surface area contributed by atoms with Crippen molar-refractivity contribution in [2.24, 2.45) is 0 Å². The van der Waals surface area contributed by atoms with Crippen LogP contribution in [0.3, 0.4) is 0 Å². The van der Waals surface area contributed by atoms with Crippen LogP contribution in [0.1, 0.15) is 31.9 Å². The van der Waals surface area contributed by atoms with Crippen LogP contribution >= 0.6 is 11.3 Å². The van der Waals surface area contributed by atoms with Crippen LogP contribution in [0.15, 0.2) is 29.0 Å². The van der Waals surface area contributed by atoms with E-state index < -0.39 is 4.92 Å². The molecule has 0 aliphatic heterocycles. The van der Waals surface area contributed by atoms with Gasteiger partial charge in [-0.1, -0.05) is 6.92 Å². The number of nitro groups is 1. The van der Waals surface area contributed by atoms with Crippen LogP contribution in [-0.4, -0.2) is 16.5 Å². The molecule has 0 aliphatic rings. The lowest BCUT2D eigenvalue weighted by molar-refractivity contribution is -0.384. The van der Waals surface area contributed by atoms with Crippen LogP contribution in [0.4, 0.5) is 17.3 Å². The summed E-state index contributed by atoms with van der Waals surface area (Å²) >= 11 is 1.60. The van der Waals surface area contributed by atoms with Gasteiger partial charge in [-0.25, -0.2) is 4.98 Å². The second kappa shape index (κ2) is 7.03. The molecule has 0 amide bonds. The molecule has 2 N–H and O–H groups in total. The molecule has 2 aromatic rings. The molecule has 0 spiro atoms. The second-order valence-electron chi connectivity index (χ2n) is 4.67. The van der Waals surface area contributed by atoms with Gasteiger partial charge in [0.15, 0.2) is 0 Å². The number of pyridine rings is 1. The number of thiophene rings is 1. The Kier molecular flexibility index (Phi) is 5.10. The van der Waals surface area contributed by atoms with Crippen molar-refractivity contribution in [2.45, 2.75) is 26.3 Å². The minimum Gasteiger partial charge on any atom is -0.370 e. The molecule has 0 fully saturated rings. The minimum atomic E-state index is -0.417. The van der Waals surface area contributed by atoms with E-state index in [-0.39, 0.29) is 11.7 Å². The fourth-order valence-electron chi connectivity index (χ4n) is 1.87. The standard InChI is InChI=1S/C14H18N4O2S/c1-3-7-15-13-5-4-12(18(19)20)14(17-13)16-10(2)11-6-8-21-9-11/h4-6,8-10H,3,7H2,1-2H3,(H2,15,16,17). The predicted molar refractivity (Wildman–Crippen MR) is 86.0 cm³/mol. The van der Waals surface area contributed by atoms with Crippen LogP contribution in [0.2, 0.25) is 0 Å². The highest BCUT2D eigenvalue weighted by Crippen LogP contribution is 2.28. The maximum absolute atomic E-state index is 11.1. The summed E-state index contributed by atoms with van der Waals surface area (Å²) in [7, 11) is 0. The maximum Gasteiger partial charge on any atom is 0.311 e. The molecule has 0 saturated heterocycles. The summed E-state index contributed by atoms with van der Waals surface area (Å²) in [5.74, 6) is 0.933. The summed E-state index contributed by atoms with van der Waals surface area (Å²) in [5, 5.41) is 21.4. The van der Waals surface area contributed by atoms with E-state index in [4.69, 9.17) is 0 Å². The Hall–Kier alpha value is -2.15. The Morgan fingerprint density at radius 3 is 2.86 bits per heavy atom. The molecule has 7 heteroatoms. The number of rotatable bonds is 7. The molecule has 0 bridgehead atoms. The molecule has 0 saturated carbocycles. The fraction of sp³-hybridized carbons (Fsp3) is 0.357. The average molecular weight is 306 g/mol. The molecule has 112 valence electrons. The lowest BCUT2D eigenvalue weighted by Gasteiger charge is -2.14. The van der Waals surface area contributed by atoms with Crippen molar-refractivity contribution in [3.05, 3.63) is 44.6 Å². The smallest absolute Gasteiger partial charge is 0.311 e. The first kappa shape index (κ1) is 15.2. The molecule has 1 atom stereocenters. The first-order valence-electron chi connectivity index (χ1n) is 6.79. The number of anilines is 2. The first-order valence-corrected chi connectivity index (χ1v) is 7.74. The number of aromatic nitrogens is 1. The highest BCUT2D eigenvalue weighted by molar-refractivity contribution is 7.07. The summed E-state index contributed by atoms with van der Waals surface area (Å²) < 4.78 is 0. The van der Waals surface area contributed by atoms with Gasteiger partial charge in [-0.3, -0.25) is 10.1 Å².